The topological polar surface area (TPSA) is 0 Å². The van der Waals surface area contributed by atoms with Crippen LogP contribution in [-0.2, 0) is 0 Å². The van der Waals surface area contributed by atoms with Gasteiger partial charge in [0, 0.05) is 6.42 Å². The maximum absolute atomic E-state index is 3.99. The highest BCUT2D eigenvalue weighted by atomic mass is 79.9. The summed E-state index contributed by atoms with van der Waals surface area (Å²) >= 11 is 0. The van der Waals surface area contributed by atoms with Crippen LogP contribution >= 0.6 is 0 Å². The Labute approximate surface area is 158 Å². The van der Waals surface area contributed by atoms with Crippen LogP contribution in [0.5, 0.6) is 0 Å². The van der Waals surface area contributed by atoms with Crippen LogP contribution in [-0.4, -0.2) is 31.7 Å². The molecule has 0 saturated carbocycles. The quantitative estimate of drug-likeness (QED) is 0.214. The summed E-state index contributed by atoms with van der Waals surface area (Å²) in [6, 6.07) is 0.618. The minimum atomic E-state index is 0. The molecule has 0 aromatic heterocycles. The molecule has 0 saturated heterocycles. The Balaban J connectivity index is 0. The third-order valence-electron chi connectivity index (χ3n) is 4.87. The van der Waals surface area contributed by atoms with Crippen molar-refractivity contribution < 1.29 is 21.5 Å². The largest absolute Gasteiger partial charge is 1.00 e. The summed E-state index contributed by atoms with van der Waals surface area (Å²) in [6.45, 7) is 6.28. The van der Waals surface area contributed by atoms with E-state index in [-0.39, 0.29) is 17.0 Å². The van der Waals surface area contributed by atoms with Gasteiger partial charge in [0.2, 0.25) is 0 Å². The molecule has 2 heteroatoms. The highest BCUT2D eigenvalue weighted by Crippen LogP contribution is 2.16. The fourth-order valence-corrected chi connectivity index (χ4v) is 3.19. The number of unbranched alkanes of at least 4 members (excludes halogenated alkanes) is 12. The minimum absolute atomic E-state index is 0. The highest BCUT2D eigenvalue weighted by Gasteiger charge is 2.18. The molecule has 0 N–H and O–H groups in total. The van der Waals surface area contributed by atoms with Crippen molar-refractivity contribution >= 4 is 0 Å². The molecule has 0 aliphatic heterocycles. The highest BCUT2D eigenvalue weighted by molar-refractivity contribution is 4.79. The summed E-state index contributed by atoms with van der Waals surface area (Å²) in [5, 5.41) is 0. The lowest BCUT2D eigenvalue weighted by atomic mass is 10.0. The lowest BCUT2D eigenvalue weighted by molar-refractivity contribution is -0.889. The first-order chi connectivity index (χ1) is 10.5. The zero-order valence-electron chi connectivity index (χ0n) is 16.6. The van der Waals surface area contributed by atoms with E-state index in [4.69, 9.17) is 0 Å². The van der Waals surface area contributed by atoms with Gasteiger partial charge in [0.25, 0.3) is 0 Å². The lowest BCUT2D eigenvalue weighted by Crippen LogP contribution is -3.00. The summed E-state index contributed by atoms with van der Waals surface area (Å²) in [4.78, 5) is 0. The number of hydrogen-bond acceptors (Lipinski definition) is 0. The van der Waals surface area contributed by atoms with Crippen LogP contribution in [0.15, 0.2) is 12.7 Å². The molecule has 0 rings (SSSR count). The molecule has 1 atom stereocenters. The van der Waals surface area contributed by atoms with Crippen molar-refractivity contribution in [3.8, 4) is 0 Å². The van der Waals surface area contributed by atoms with E-state index in [1.54, 1.807) is 0 Å². The standard InChI is InChI=1S/C21H44N.BrH/c1-6-8-9-10-11-12-13-14-15-16-17-18-19-20-21(7-2)22(3,4)5;/h7,21H,2,6,8-20H2,1,3-5H3;1H/q+1;/p-1. The molecule has 140 valence electrons. The maximum atomic E-state index is 3.99. The molecule has 1 unspecified atom stereocenters. The molecular formula is C21H44BrN. The van der Waals surface area contributed by atoms with Crippen molar-refractivity contribution in [2.45, 2.75) is 103 Å². The molecule has 0 aromatic rings. The number of rotatable bonds is 16. The van der Waals surface area contributed by atoms with Crippen LogP contribution in [0.3, 0.4) is 0 Å². The van der Waals surface area contributed by atoms with Crippen LogP contribution in [0.2, 0.25) is 0 Å². The van der Waals surface area contributed by atoms with Crippen LogP contribution < -0.4 is 17.0 Å². The van der Waals surface area contributed by atoms with Gasteiger partial charge in [-0.05, 0) is 12.5 Å². The zero-order chi connectivity index (χ0) is 16.7. The van der Waals surface area contributed by atoms with Crippen LogP contribution in [0.1, 0.15) is 96.8 Å². The third kappa shape index (κ3) is 16.8. The smallest absolute Gasteiger partial charge is 0.107 e. The fraction of sp³-hybridized carbons (Fsp3) is 0.905. The summed E-state index contributed by atoms with van der Waals surface area (Å²) in [5.74, 6) is 0. The van der Waals surface area contributed by atoms with Gasteiger partial charge in [-0.15, -0.1) is 0 Å². The molecular weight excluding hydrogens is 346 g/mol. The van der Waals surface area contributed by atoms with E-state index in [1.165, 1.54) is 89.9 Å². The average Bonchev–Trinajstić information content (AvgIpc) is 2.46. The summed E-state index contributed by atoms with van der Waals surface area (Å²) in [7, 11) is 6.82. The van der Waals surface area contributed by atoms with E-state index in [0.29, 0.717) is 6.04 Å². The SMILES string of the molecule is C=CC(CCCCCCCCCCCCCCC)[N+](C)(C)C.[Br-]. The molecule has 0 aromatic carbocycles. The average molecular weight is 390 g/mol. The molecule has 0 amide bonds. The molecule has 0 spiro atoms. The normalized spacial score (nSPS) is 12.7. The summed E-state index contributed by atoms with van der Waals surface area (Å²) in [5.41, 5.74) is 0. The molecule has 0 bridgehead atoms. The van der Waals surface area contributed by atoms with Gasteiger partial charge in [0.05, 0.1) is 21.1 Å². The Morgan fingerprint density at radius 3 is 1.35 bits per heavy atom. The van der Waals surface area contributed by atoms with E-state index in [0.717, 1.165) is 4.48 Å². The van der Waals surface area contributed by atoms with E-state index in [1.807, 2.05) is 0 Å². The number of halogens is 1. The number of likely N-dealkylation sites (N-methyl/N-ethyl adjacent to an activating group) is 1. The summed E-state index contributed by atoms with van der Waals surface area (Å²) in [6.07, 6.45) is 22.1. The molecule has 0 aliphatic carbocycles. The predicted octanol–water partition coefficient (Wildman–Crippen LogP) is 3.73. The first-order valence-corrected chi connectivity index (χ1v) is 9.96. The van der Waals surface area contributed by atoms with Crippen molar-refractivity contribution in [1.82, 2.24) is 0 Å². The van der Waals surface area contributed by atoms with Crippen molar-refractivity contribution in [2.75, 3.05) is 21.1 Å². The molecule has 23 heavy (non-hydrogen) atoms. The Kier molecular flexibility index (Phi) is 18.8. The van der Waals surface area contributed by atoms with Crippen molar-refractivity contribution in [2.24, 2.45) is 0 Å². The Bertz CT molecular complexity index is 245. The Hall–Kier alpha value is 0.180. The van der Waals surface area contributed by atoms with Gasteiger partial charge in [-0.3, -0.25) is 0 Å². The fourth-order valence-electron chi connectivity index (χ4n) is 3.19. The van der Waals surface area contributed by atoms with Crippen molar-refractivity contribution in [1.29, 1.82) is 0 Å². The zero-order valence-corrected chi connectivity index (χ0v) is 18.2. The van der Waals surface area contributed by atoms with Gasteiger partial charge < -0.3 is 21.5 Å². The van der Waals surface area contributed by atoms with Gasteiger partial charge in [-0.25, -0.2) is 0 Å². The number of quaternary nitrogens is 1. The van der Waals surface area contributed by atoms with E-state index in [9.17, 15) is 0 Å². The Morgan fingerprint density at radius 1 is 0.696 bits per heavy atom. The monoisotopic (exact) mass is 389 g/mol. The second kappa shape index (κ2) is 17.0. The van der Waals surface area contributed by atoms with Crippen LogP contribution in [0, 0.1) is 0 Å². The van der Waals surface area contributed by atoms with E-state index < -0.39 is 0 Å². The molecule has 0 aliphatic rings. The van der Waals surface area contributed by atoms with E-state index in [2.05, 4.69) is 40.7 Å². The van der Waals surface area contributed by atoms with Gasteiger partial charge in [-0.1, -0.05) is 90.6 Å². The van der Waals surface area contributed by atoms with Crippen molar-refractivity contribution in [3.05, 3.63) is 12.7 Å². The summed E-state index contributed by atoms with van der Waals surface area (Å²) < 4.78 is 1.02. The number of nitrogens with zero attached hydrogens (tertiary/aromatic N) is 1. The van der Waals surface area contributed by atoms with Crippen LogP contribution in [0.25, 0.3) is 0 Å². The predicted molar refractivity (Wildman–Crippen MR) is 102 cm³/mol. The minimum Gasteiger partial charge on any atom is -1.00 e. The molecule has 0 fully saturated rings. The maximum Gasteiger partial charge on any atom is 0.107 e. The molecule has 1 nitrogen and oxygen atoms in total. The number of hydrogen-bond donors (Lipinski definition) is 0. The Morgan fingerprint density at radius 2 is 1.04 bits per heavy atom. The van der Waals surface area contributed by atoms with Gasteiger partial charge >= 0.3 is 0 Å². The van der Waals surface area contributed by atoms with E-state index >= 15 is 0 Å². The van der Waals surface area contributed by atoms with Crippen molar-refractivity contribution in [3.63, 3.8) is 0 Å². The van der Waals surface area contributed by atoms with Crippen LogP contribution in [0.4, 0.5) is 0 Å². The van der Waals surface area contributed by atoms with Gasteiger partial charge in [0.15, 0.2) is 0 Å². The van der Waals surface area contributed by atoms with Gasteiger partial charge in [-0.2, -0.15) is 0 Å². The first kappa shape index (κ1) is 25.4. The second-order valence-electron chi connectivity index (χ2n) is 7.95. The lowest BCUT2D eigenvalue weighted by Gasteiger charge is -2.32. The molecule has 0 radical (unpaired) electrons. The first-order valence-electron chi connectivity index (χ1n) is 9.96. The van der Waals surface area contributed by atoms with Gasteiger partial charge in [0.1, 0.15) is 6.04 Å². The third-order valence-corrected chi connectivity index (χ3v) is 4.87. The second-order valence-corrected chi connectivity index (χ2v) is 7.95. The molecule has 0 heterocycles.